The molecule has 0 saturated carbocycles. The van der Waals surface area contributed by atoms with Gasteiger partial charge >= 0.3 is 0 Å². The highest BCUT2D eigenvalue weighted by Crippen LogP contribution is 2.34. The van der Waals surface area contributed by atoms with E-state index in [1.54, 1.807) is 6.20 Å². The molecule has 1 N–H and O–H groups in total. The van der Waals surface area contributed by atoms with Gasteiger partial charge in [-0.3, -0.25) is 9.88 Å². The van der Waals surface area contributed by atoms with Crippen molar-refractivity contribution in [1.29, 1.82) is 0 Å². The van der Waals surface area contributed by atoms with Crippen LogP contribution in [0.2, 0.25) is 5.02 Å². The first kappa shape index (κ1) is 22.2. The van der Waals surface area contributed by atoms with E-state index in [-0.39, 0.29) is 0 Å². The zero-order valence-corrected chi connectivity index (χ0v) is 20.4. The van der Waals surface area contributed by atoms with Gasteiger partial charge in [-0.1, -0.05) is 35.1 Å². The average Bonchev–Trinajstić information content (AvgIpc) is 3.49. The Morgan fingerprint density at radius 2 is 1.91 bits per heavy atom. The van der Waals surface area contributed by atoms with Crippen LogP contribution in [-0.4, -0.2) is 42.9 Å². The van der Waals surface area contributed by atoms with Crippen molar-refractivity contribution in [1.82, 2.24) is 29.8 Å². The number of aryl methyl sites for hydroxylation is 1. The molecule has 0 unspecified atom stereocenters. The SMILES string of the molecule is Cc1cc(-c2cnc(Nc3cnc(CN4CCCC4)cn3)s2)nc(Sc2ccccc2Cl)n1. The predicted octanol–water partition coefficient (Wildman–Crippen LogP) is 5.84. The summed E-state index contributed by atoms with van der Waals surface area (Å²) in [5.74, 6) is 0.676. The van der Waals surface area contributed by atoms with E-state index in [1.165, 1.54) is 35.9 Å². The second kappa shape index (κ2) is 10.1. The topological polar surface area (TPSA) is 79.7 Å². The third kappa shape index (κ3) is 5.67. The number of aromatic nitrogens is 5. The Hall–Kier alpha value is -2.59. The lowest BCUT2D eigenvalue weighted by Gasteiger charge is -2.13. The third-order valence-electron chi connectivity index (χ3n) is 5.15. The Kier molecular flexibility index (Phi) is 6.82. The largest absolute Gasteiger partial charge is 0.315 e. The van der Waals surface area contributed by atoms with Gasteiger partial charge in [0, 0.05) is 23.3 Å². The molecule has 1 aromatic carbocycles. The van der Waals surface area contributed by atoms with Crippen molar-refractivity contribution in [2.24, 2.45) is 0 Å². The number of thiazole rings is 1. The highest BCUT2D eigenvalue weighted by atomic mass is 35.5. The molecule has 4 aromatic rings. The van der Waals surface area contributed by atoms with Crippen molar-refractivity contribution in [2.75, 3.05) is 18.4 Å². The number of benzene rings is 1. The molecule has 0 spiro atoms. The van der Waals surface area contributed by atoms with Crippen LogP contribution in [0.15, 0.2) is 59.0 Å². The first-order valence-corrected chi connectivity index (χ1v) is 12.7. The van der Waals surface area contributed by atoms with Crippen molar-refractivity contribution < 1.29 is 0 Å². The fourth-order valence-electron chi connectivity index (χ4n) is 3.57. The van der Waals surface area contributed by atoms with Crippen LogP contribution < -0.4 is 5.32 Å². The summed E-state index contributed by atoms with van der Waals surface area (Å²) in [4.78, 5) is 27.1. The minimum Gasteiger partial charge on any atom is -0.315 e. The number of anilines is 2. The molecule has 1 aliphatic rings. The van der Waals surface area contributed by atoms with Crippen molar-refractivity contribution >= 4 is 45.6 Å². The molecule has 0 atom stereocenters. The van der Waals surface area contributed by atoms with Crippen LogP contribution in [0.4, 0.5) is 10.9 Å². The van der Waals surface area contributed by atoms with Gasteiger partial charge in [-0.05, 0) is 62.8 Å². The van der Waals surface area contributed by atoms with Gasteiger partial charge in [0.25, 0.3) is 0 Å². The zero-order valence-electron chi connectivity index (χ0n) is 18.0. The summed E-state index contributed by atoms with van der Waals surface area (Å²) in [6, 6.07) is 9.65. The standard InChI is InChI=1S/C23H22ClN7S2/c1-15-10-18(29-23(28-15)32-19-7-3-2-6-17(19)24)20-12-27-22(33-20)30-21-13-25-16(11-26-21)14-31-8-4-5-9-31/h2-3,6-7,10-13H,4-5,8-9,14H2,1H3,(H,26,27,30). The molecule has 1 fully saturated rings. The maximum Gasteiger partial charge on any atom is 0.193 e. The van der Waals surface area contributed by atoms with Crippen LogP contribution in [0.1, 0.15) is 24.2 Å². The van der Waals surface area contributed by atoms with E-state index in [1.807, 2.05) is 49.6 Å². The van der Waals surface area contributed by atoms with Gasteiger partial charge in [-0.2, -0.15) is 0 Å². The zero-order chi connectivity index (χ0) is 22.6. The van der Waals surface area contributed by atoms with Gasteiger partial charge in [-0.15, -0.1) is 0 Å². The molecular weight excluding hydrogens is 474 g/mol. The van der Waals surface area contributed by atoms with Gasteiger partial charge in [0.05, 0.1) is 33.7 Å². The van der Waals surface area contributed by atoms with Crippen LogP contribution in [0.5, 0.6) is 0 Å². The van der Waals surface area contributed by atoms with E-state index in [0.29, 0.717) is 16.0 Å². The minimum atomic E-state index is 0.653. The van der Waals surface area contributed by atoms with E-state index in [9.17, 15) is 0 Å². The molecule has 0 amide bonds. The quantitative estimate of drug-likeness (QED) is 0.320. The predicted molar refractivity (Wildman–Crippen MR) is 133 cm³/mol. The van der Waals surface area contributed by atoms with Crippen molar-refractivity contribution in [3.05, 3.63) is 65.3 Å². The molecule has 0 aliphatic carbocycles. The lowest BCUT2D eigenvalue weighted by molar-refractivity contribution is 0.327. The fraction of sp³-hybridized carbons (Fsp3) is 0.261. The Morgan fingerprint density at radius 1 is 1.06 bits per heavy atom. The third-order valence-corrected chi connectivity index (χ3v) is 7.47. The average molecular weight is 496 g/mol. The summed E-state index contributed by atoms with van der Waals surface area (Å²) >= 11 is 9.26. The van der Waals surface area contributed by atoms with Gasteiger partial charge < -0.3 is 5.32 Å². The lowest BCUT2D eigenvalue weighted by atomic mass is 10.3. The smallest absolute Gasteiger partial charge is 0.193 e. The maximum atomic E-state index is 6.30. The van der Waals surface area contributed by atoms with Crippen molar-refractivity contribution in [3.63, 3.8) is 0 Å². The maximum absolute atomic E-state index is 6.30. The number of nitrogens with one attached hydrogen (secondary N) is 1. The highest BCUT2D eigenvalue weighted by Gasteiger charge is 2.14. The molecule has 3 aromatic heterocycles. The molecule has 7 nitrogen and oxygen atoms in total. The van der Waals surface area contributed by atoms with E-state index in [0.717, 1.165) is 51.6 Å². The van der Waals surface area contributed by atoms with Crippen LogP contribution >= 0.6 is 34.7 Å². The molecule has 0 radical (unpaired) electrons. The minimum absolute atomic E-state index is 0.653. The molecule has 1 aliphatic heterocycles. The fourth-order valence-corrected chi connectivity index (χ4v) is 5.45. The number of rotatable bonds is 7. The molecule has 4 heterocycles. The second-order valence-electron chi connectivity index (χ2n) is 7.74. The van der Waals surface area contributed by atoms with Crippen LogP contribution in [-0.2, 0) is 6.54 Å². The summed E-state index contributed by atoms with van der Waals surface area (Å²) in [5.41, 5.74) is 2.70. The summed E-state index contributed by atoms with van der Waals surface area (Å²) in [5, 5.41) is 5.32. The van der Waals surface area contributed by atoms with Crippen LogP contribution in [0, 0.1) is 6.92 Å². The van der Waals surface area contributed by atoms with Crippen molar-refractivity contribution in [2.45, 2.75) is 36.4 Å². The Morgan fingerprint density at radius 3 is 2.70 bits per heavy atom. The summed E-state index contributed by atoms with van der Waals surface area (Å²) < 4.78 is 0. The van der Waals surface area contributed by atoms with Gasteiger partial charge in [0.15, 0.2) is 16.1 Å². The number of nitrogens with zero attached hydrogens (tertiary/aromatic N) is 6. The first-order chi connectivity index (χ1) is 16.1. The monoisotopic (exact) mass is 495 g/mol. The first-order valence-electron chi connectivity index (χ1n) is 10.7. The number of likely N-dealkylation sites (tertiary alicyclic amines) is 1. The highest BCUT2D eigenvalue weighted by molar-refractivity contribution is 7.99. The molecule has 1 saturated heterocycles. The van der Waals surface area contributed by atoms with Crippen molar-refractivity contribution in [3.8, 4) is 10.6 Å². The van der Waals surface area contributed by atoms with E-state index >= 15 is 0 Å². The number of hydrogen-bond donors (Lipinski definition) is 1. The van der Waals surface area contributed by atoms with Crippen LogP contribution in [0.3, 0.4) is 0 Å². The Bertz CT molecular complexity index is 1240. The molecule has 10 heteroatoms. The Balaban J connectivity index is 1.28. The molecular formula is C23H22ClN7S2. The van der Waals surface area contributed by atoms with Gasteiger partial charge in [0.1, 0.15) is 0 Å². The van der Waals surface area contributed by atoms with Gasteiger partial charge in [0.2, 0.25) is 0 Å². The molecule has 0 bridgehead atoms. The number of halogens is 1. The summed E-state index contributed by atoms with van der Waals surface area (Å²) in [6.45, 7) is 5.10. The van der Waals surface area contributed by atoms with E-state index < -0.39 is 0 Å². The van der Waals surface area contributed by atoms with E-state index in [2.05, 4.69) is 30.2 Å². The van der Waals surface area contributed by atoms with Gasteiger partial charge in [-0.25, -0.2) is 19.9 Å². The van der Waals surface area contributed by atoms with Crippen LogP contribution in [0.25, 0.3) is 10.6 Å². The molecule has 168 valence electrons. The molecule has 5 rings (SSSR count). The van der Waals surface area contributed by atoms with E-state index in [4.69, 9.17) is 16.6 Å². The normalized spacial score (nSPS) is 14.0. The Labute approximate surface area is 205 Å². The second-order valence-corrected chi connectivity index (χ2v) is 10.2. The summed E-state index contributed by atoms with van der Waals surface area (Å²) in [6.07, 6.45) is 7.95. The lowest BCUT2D eigenvalue weighted by Crippen LogP contribution is -2.19. The summed E-state index contributed by atoms with van der Waals surface area (Å²) in [7, 11) is 0. The number of hydrogen-bond acceptors (Lipinski definition) is 9. The molecule has 33 heavy (non-hydrogen) atoms.